The molecule has 0 fully saturated rings. The quantitative estimate of drug-likeness (QED) is 0.845. The number of nitrogens with one attached hydrogen (secondary N) is 1. The highest BCUT2D eigenvalue weighted by Crippen LogP contribution is 2.24. The molecule has 2 aromatic carbocycles. The number of carbonyl (C=O) groups excluding carboxylic acids is 1. The van der Waals surface area contributed by atoms with Crippen LogP contribution in [-0.4, -0.2) is 13.0 Å². The Bertz CT molecular complexity index is 612. The van der Waals surface area contributed by atoms with E-state index in [9.17, 15) is 4.79 Å². The van der Waals surface area contributed by atoms with Gasteiger partial charge in [0, 0.05) is 17.1 Å². The molecule has 0 radical (unpaired) electrons. The lowest BCUT2D eigenvalue weighted by Gasteiger charge is -2.10. The van der Waals surface area contributed by atoms with Crippen LogP contribution >= 0.6 is 15.9 Å². The van der Waals surface area contributed by atoms with Crippen LogP contribution in [0.5, 0.6) is 5.75 Å². The molecule has 0 spiro atoms. The van der Waals surface area contributed by atoms with Crippen molar-refractivity contribution in [2.75, 3.05) is 12.8 Å². The third kappa shape index (κ3) is 3.51. The maximum atomic E-state index is 11.6. The minimum Gasteiger partial charge on any atom is -0.487 e. The standard InChI is InChI=1S/C15H15BrN2O2/c1-18-15(19)11-4-7-13(17)14(8-11)20-9-10-2-5-12(16)6-3-10/h2-8H,9,17H2,1H3,(H,18,19). The molecule has 0 unspecified atom stereocenters. The summed E-state index contributed by atoms with van der Waals surface area (Å²) in [6, 6.07) is 12.8. The molecule has 1 amide bonds. The minimum absolute atomic E-state index is 0.168. The van der Waals surface area contributed by atoms with E-state index in [-0.39, 0.29) is 5.91 Å². The summed E-state index contributed by atoms with van der Waals surface area (Å²) in [5.41, 5.74) is 7.91. The molecular weight excluding hydrogens is 320 g/mol. The fourth-order valence-electron chi connectivity index (χ4n) is 1.69. The number of anilines is 1. The molecule has 104 valence electrons. The highest BCUT2D eigenvalue weighted by atomic mass is 79.9. The molecule has 0 atom stereocenters. The van der Waals surface area contributed by atoms with Gasteiger partial charge in [0.2, 0.25) is 0 Å². The molecular formula is C15H15BrN2O2. The smallest absolute Gasteiger partial charge is 0.251 e. The number of nitrogens with two attached hydrogens (primary N) is 1. The Balaban J connectivity index is 2.12. The van der Waals surface area contributed by atoms with Gasteiger partial charge in [0.15, 0.2) is 0 Å². The Morgan fingerprint density at radius 3 is 2.60 bits per heavy atom. The highest BCUT2D eigenvalue weighted by molar-refractivity contribution is 9.10. The highest BCUT2D eigenvalue weighted by Gasteiger charge is 2.08. The fourth-order valence-corrected chi connectivity index (χ4v) is 1.95. The van der Waals surface area contributed by atoms with Crippen LogP contribution in [0.25, 0.3) is 0 Å². The number of carbonyl (C=O) groups is 1. The summed E-state index contributed by atoms with van der Waals surface area (Å²) in [6.45, 7) is 0.397. The summed E-state index contributed by atoms with van der Waals surface area (Å²) in [5.74, 6) is 0.340. The molecule has 3 N–H and O–H groups in total. The van der Waals surface area contributed by atoms with Crippen molar-refractivity contribution in [1.82, 2.24) is 5.32 Å². The SMILES string of the molecule is CNC(=O)c1ccc(N)c(OCc2ccc(Br)cc2)c1. The van der Waals surface area contributed by atoms with Crippen LogP contribution in [0.4, 0.5) is 5.69 Å². The fraction of sp³-hybridized carbons (Fsp3) is 0.133. The second-order valence-corrected chi connectivity index (χ2v) is 5.16. The first-order chi connectivity index (χ1) is 9.60. The summed E-state index contributed by atoms with van der Waals surface area (Å²) in [7, 11) is 1.58. The molecule has 2 rings (SSSR count). The lowest BCUT2D eigenvalue weighted by molar-refractivity contribution is 0.0962. The lowest BCUT2D eigenvalue weighted by Crippen LogP contribution is -2.17. The van der Waals surface area contributed by atoms with Crippen molar-refractivity contribution in [3.8, 4) is 5.75 Å². The number of rotatable bonds is 4. The third-order valence-corrected chi connectivity index (χ3v) is 3.34. The van der Waals surface area contributed by atoms with Gasteiger partial charge in [-0.3, -0.25) is 4.79 Å². The van der Waals surface area contributed by atoms with Gasteiger partial charge in [-0.25, -0.2) is 0 Å². The maximum absolute atomic E-state index is 11.6. The van der Waals surface area contributed by atoms with Gasteiger partial charge in [-0.05, 0) is 35.9 Å². The maximum Gasteiger partial charge on any atom is 0.251 e. The molecule has 0 aliphatic carbocycles. The molecule has 2 aromatic rings. The molecule has 0 aliphatic rings. The zero-order valence-electron chi connectivity index (χ0n) is 11.0. The largest absolute Gasteiger partial charge is 0.487 e. The van der Waals surface area contributed by atoms with Crippen molar-refractivity contribution in [2.24, 2.45) is 0 Å². The Morgan fingerprint density at radius 1 is 1.25 bits per heavy atom. The second kappa shape index (κ2) is 6.43. The summed E-state index contributed by atoms with van der Waals surface area (Å²) in [6.07, 6.45) is 0. The average Bonchev–Trinajstić information content (AvgIpc) is 2.47. The normalized spacial score (nSPS) is 10.1. The van der Waals surface area contributed by atoms with Gasteiger partial charge in [-0.1, -0.05) is 28.1 Å². The number of ether oxygens (including phenoxy) is 1. The molecule has 0 saturated heterocycles. The van der Waals surface area contributed by atoms with Crippen molar-refractivity contribution < 1.29 is 9.53 Å². The van der Waals surface area contributed by atoms with Crippen molar-refractivity contribution in [3.63, 3.8) is 0 Å². The first-order valence-electron chi connectivity index (χ1n) is 6.09. The van der Waals surface area contributed by atoms with E-state index in [2.05, 4.69) is 21.2 Å². The van der Waals surface area contributed by atoms with Crippen molar-refractivity contribution in [3.05, 3.63) is 58.1 Å². The zero-order chi connectivity index (χ0) is 14.5. The second-order valence-electron chi connectivity index (χ2n) is 4.25. The topological polar surface area (TPSA) is 64.4 Å². The van der Waals surface area contributed by atoms with Crippen LogP contribution in [0.1, 0.15) is 15.9 Å². The third-order valence-electron chi connectivity index (χ3n) is 2.81. The monoisotopic (exact) mass is 334 g/mol. The number of nitrogen functional groups attached to an aromatic ring is 1. The molecule has 0 heterocycles. The number of benzene rings is 2. The van der Waals surface area contributed by atoms with Crippen molar-refractivity contribution in [2.45, 2.75) is 6.61 Å². The Hall–Kier alpha value is -2.01. The Kier molecular flexibility index (Phi) is 4.63. The van der Waals surface area contributed by atoms with Crippen molar-refractivity contribution in [1.29, 1.82) is 0 Å². The van der Waals surface area contributed by atoms with Gasteiger partial charge in [0.1, 0.15) is 12.4 Å². The van der Waals surface area contributed by atoms with E-state index in [0.717, 1.165) is 10.0 Å². The van der Waals surface area contributed by atoms with Gasteiger partial charge in [0.05, 0.1) is 5.69 Å². The molecule has 20 heavy (non-hydrogen) atoms. The van der Waals surface area contributed by atoms with E-state index < -0.39 is 0 Å². The molecule has 0 aliphatic heterocycles. The lowest BCUT2D eigenvalue weighted by atomic mass is 10.1. The summed E-state index contributed by atoms with van der Waals surface area (Å²) < 4.78 is 6.69. The van der Waals surface area contributed by atoms with E-state index in [1.165, 1.54) is 0 Å². The predicted octanol–water partition coefficient (Wildman–Crippen LogP) is 2.97. The molecule has 0 bridgehead atoms. The number of hydrogen-bond acceptors (Lipinski definition) is 3. The molecule has 4 nitrogen and oxygen atoms in total. The van der Waals surface area contributed by atoms with E-state index >= 15 is 0 Å². The van der Waals surface area contributed by atoms with Crippen LogP contribution in [0.2, 0.25) is 0 Å². The van der Waals surface area contributed by atoms with Gasteiger partial charge in [-0.2, -0.15) is 0 Å². The van der Waals surface area contributed by atoms with E-state index in [4.69, 9.17) is 10.5 Å². The summed E-state index contributed by atoms with van der Waals surface area (Å²) >= 11 is 3.38. The van der Waals surface area contributed by atoms with Gasteiger partial charge >= 0.3 is 0 Å². The molecule has 0 saturated carbocycles. The summed E-state index contributed by atoms with van der Waals surface area (Å²) in [4.78, 5) is 11.6. The average molecular weight is 335 g/mol. The van der Waals surface area contributed by atoms with Crippen molar-refractivity contribution >= 4 is 27.5 Å². The van der Waals surface area contributed by atoms with Crippen LogP contribution in [0.15, 0.2) is 46.9 Å². The first-order valence-corrected chi connectivity index (χ1v) is 6.88. The van der Waals surface area contributed by atoms with E-state index in [1.54, 1.807) is 25.2 Å². The van der Waals surface area contributed by atoms with Crippen LogP contribution in [-0.2, 0) is 6.61 Å². The number of halogens is 1. The predicted molar refractivity (Wildman–Crippen MR) is 82.7 cm³/mol. The molecule has 5 heteroatoms. The Morgan fingerprint density at radius 2 is 1.95 bits per heavy atom. The van der Waals surface area contributed by atoms with E-state index in [1.807, 2.05) is 24.3 Å². The Labute approximate surface area is 126 Å². The zero-order valence-corrected chi connectivity index (χ0v) is 12.6. The van der Waals surface area contributed by atoms with E-state index in [0.29, 0.717) is 23.6 Å². The number of hydrogen-bond donors (Lipinski definition) is 2. The minimum atomic E-state index is -0.168. The molecule has 0 aromatic heterocycles. The van der Waals surface area contributed by atoms with Crippen LogP contribution < -0.4 is 15.8 Å². The van der Waals surface area contributed by atoms with Crippen LogP contribution in [0.3, 0.4) is 0 Å². The van der Waals surface area contributed by atoms with Crippen LogP contribution in [0, 0.1) is 0 Å². The number of amides is 1. The van der Waals surface area contributed by atoms with Gasteiger partial charge < -0.3 is 15.8 Å². The van der Waals surface area contributed by atoms with Gasteiger partial charge in [-0.15, -0.1) is 0 Å². The first kappa shape index (κ1) is 14.4. The van der Waals surface area contributed by atoms with Gasteiger partial charge in [0.25, 0.3) is 5.91 Å². The summed E-state index contributed by atoms with van der Waals surface area (Å²) in [5, 5.41) is 2.57.